The van der Waals surface area contributed by atoms with Gasteiger partial charge in [0.1, 0.15) is 5.75 Å². The first-order valence-corrected chi connectivity index (χ1v) is 6.19. The summed E-state index contributed by atoms with van der Waals surface area (Å²) in [5.74, 6) is 1.70. The van der Waals surface area contributed by atoms with Gasteiger partial charge in [-0.2, -0.15) is 0 Å². The van der Waals surface area contributed by atoms with E-state index in [-0.39, 0.29) is 11.9 Å². The molecule has 17 heavy (non-hydrogen) atoms. The van der Waals surface area contributed by atoms with Crippen LogP contribution in [0, 0.1) is 24.7 Å². The topological polar surface area (TPSA) is 26.3 Å². The lowest BCUT2D eigenvalue weighted by molar-refractivity contribution is -0.139. The molecule has 0 aromatic heterocycles. The second-order valence-electron chi connectivity index (χ2n) is 5.12. The van der Waals surface area contributed by atoms with Crippen molar-refractivity contribution in [3.8, 4) is 5.75 Å². The smallest absolute Gasteiger partial charge is 0.314 e. The van der Waals surface area contributed by atoms with Crippen LogP contribution in [-0.2, 0) is 4.79 Å². The van der Waals surface area contributed by atoms with Gasteiger partial charge in [-0.1, -0.05) is 24.3 Å². The molecule has 0 radical (unpaired) electrons. The Labute approximate surface area is 101 Å². The molecule has 2 bridgehead atoms. The SMILES string of the molecule is Cc1cccc(OC(=O)C2CC3C=CC2C3)c1. The van der Waals surface area contributed by atoms with Crippen LogP contribution >= 0.6 is 0 Å². The van der Waals surface area contributed by atoms with Crippen molar-refractivity contribution in [3.05, 3.63) is 42.0 Å². The molecule has 1 fully saturated rings. The second-order valence-corrected chi connectivity index (χ2v) is 5.12. The van der Waals surface area contributed by atoms with E-state index >= 15 is 0 Å². The van der Waals surface area contributed by atoms with E-state index in [4.69, 9.17) is 4.74 Å². The number of ether oxygens (including phenoxy) is 1. The molecule has 3 rings (SSSR count). The van der Waals surface area contributed by atoms with Crippen molar-refractivity contribution in [2.24, 2.45) is 17.8 Å². The van der Waals surface area contributed by atoms with E-state index in [1.54, 1.807) is 0 Å². The number of allylic oxidation sites excluding steroid dienone is 2. The summed E-state index contributed by atoms with van der Waals surface area (Å²) >= 11 is 0. The fourth-order valence-electron chi connectivity index (χ4n) is 2.92. The molecule has 0 heterocycles. The minimum Gasteiger partial charge on any atom is -0.426 e. The first-order chi connectivity index (χ1) is 8.22. The van der Waals surface area contributed by atoms with Gasteiger partial charge in [0, 0.05) is 0 Å². The maximum absolute atomic E-state index is 12.1. The zero-order valence-corrected chi connectivity index (χ0v) is 9.93. The van der Waals surface area contributed by atoms with E-state index in [0.29, 0.717) is 17.6 Å². The Bertz CT molecular complexity index is 476. The number of carbonyl (C=O) groups excluding carboxylic acids is 1. The molecule has 1 aromatic rings. The average molecular weight is 228 g/mol. The average Bonchev–Trinajstić information content (AvgIpc) is 2.90. The number of esters is 1. The highest BCUT2D eigenvalue weighted by Crippen LogP contribution is 2.43. The predicted molar refractivity (Wildman–Crippen MR) is 65.7 cm³/mol. The third kappa shape index (κ3) is 1.99. The fourth-order valence-corrected chi connectivity index (χ4v) is 2.92. The van der Waals surface area contributed by atoms with Crippen LogP contribution in [-0.4, -0.2) is 5.97 Å². The van der Waals surface area contributed by atoms with Gasteiger partial charge in [0.2, 0.25) is 0 Å². The van der Waals surface area contributed by atoms with Crippen LogP contribution in [0.5, 0.6) is 5.75 Å². The molecule has 1 aromatic carbocycles. The van der Waals surface area contributed by atoms with E-state index in [1.807, 2.05) is 31.2 Å². The van der Waals surface area contributed by atoms with Gasteiger partial charge in [0.15, 0.2) is 0 Å². The number of carbonyl (C=O) groups is 1. The molecule has 2 aliphatic carbocycles. The predicted octanol–water partition coefficient (Wildman–Crippen LogP) is 3.11. The van der Waals surface area contributed by atoms with Crippen LogP contribution in [0.25, 0.3) is 0 Å². The summed E-state index contributed by atoms with van der Waals surface area (Å²) < 4.78 is 5.46. The highest BCUT2D eigenvalue weighted by atomic mass is 16.5. The zero-order valence-electron chi connectivity index (χ0n) is 9.93. The minimum absolute atomic E-state index is 0.0625. The minimum atomic E-state index is -0.0625. The van der Waals surface area contributed by atoms with Crippen LogP contribution in [0.3, 0.4) is 0 Å². The number of hydrogen-bond donors (Lipinski definition) is 0. The van der Waals surface area contributed by atoms with Gasteiger partial charge < -0.3 is 4.74 Å². The normalized spacial score (nSPS) is 29.6. The Morgan fingerprint density at radius 2 is 2.18 bits per heavy atom. The Balaban J connectivity index is 1.70. The van der Waals surface area contributed by atoms with E-state index in [1.165, 1.54) is 0 Å². The summed E-state index contributed by atoms with van der Waals surface area (Å²) in [6.07, 6.45) is 6.51. The Kier molecular flexibility index (Phi) is 2.50. The first kappa shape index (κ1) is 10.6. The molecule has 2 heteroatoms. The Morgan fingerprint density at radius 1 is 1.29 bits per heavy atom. The summed E-state index contributed by atoms with van der Waals surface area (Å²) in [4.78, 5) is 12.1. The van der Waals surface area contributed by atoms with Gasteiger partial charge in [0.05, 0.1) is 5.92 Å². The molecular formula is C15H16O2. The summed E-state index contributed by atoms with van der Waals surface area (Å²) in [5.41, 5.74) is 1.11. The summed E-state index contributed by atoms with van der Waals surface area (Å²) in [6.45, 7) is 2.00. The molecular weight excluding hydrogens is 212 g/mol. The second kappa shape index (κ2) is 4.02. The first-order valence-electron chi connectivity index (χ1n) is 6.19. The standard InChI is InChI=1S/C15H16O2/c1-10-3-2-4-13(7-10)17-15(16)14-9-11-5-6-12(14)8-11/h2-7,11-12,14H,8-9H2,1H3. The fraction of sp³-hybridized carbons (Fsp3) is 0.400. The number of benzene rings is 1. The van der Waals surface area contributed by atoms with Crippen LogP contribution in [0.2, 0.25) is 0 Å². The molecule has 3 atom stereocenters. The van der Waals surface area contributed by atoms with Crippen molar-refractivity contribution in [3.63, 3.8) is 0 Å². The summed E-state index contributed by atoms with van der Waals surface area (Å²) in [7, 11) is 0. The third-order valence-corrected chi connectivity index (χ3v) is 3.79. The number of fused-ring (bicyclic) bond motifs is 2. The van der Waals surface area contributed by atoms with E-state index in [2.05, 4.69) is 12.2 Å². The Morgan fingerprint density at radius 3 is 2.82 bits per heavy atom. The monoisotopic (exact) mass is 228 g/mol. The van der Waals surface area contributed by atoms with Crippen LogP contribution in [0.4, 0.5) is 0 Å². The highest BCUT2D eigenvalue weighted by molar-refractivity contribution is 5.76. The number of aryl methyl sites for hydroxylation is 1. The number of hydrogen-bond acceptors (Lipinski definition) is 2. The van der Waals surface area contributed by atoms with Crippen LogP contribution in [0.1, 0.15) is 18.4 Å². The van der Waals surface area contributed by atoms with Crippen molar-refractivity contribution in [1.82, 2.24) is 0 Å². The maximum atomic E-state index is 12.1. The molecule has 0 amide bonds. The lowest BCUT2D eigenvalue weighted by Crippen LogP contribution is -2.23. The molecule has 0 saturated heterocycles. The highest BCUT2D eigenvalue weighted by Gasteiger charge is 2.40. The molecule has 2 nitrogen and oxygen atoms in total. The largest absolute Gasteiger partial charge is 0.426 e. The number of rotatable bonds is 2. The molecule has 0 N–H and O–H groups in total. The van der Waals surface area contributed by atoms with Crippen molar-refractivity contribution in [1.29, 1.82) is 0 Å². The van der Waals surface area contributed by atoms with Crippen molar-refractivity contribution >= 4 is 5.97 Å². The lowest BCUT2D eigenvalue weighted by atomic mass is 9.94. The molecule has 0 aliphatic heterocycles. The van der Waals surface area contributed by atoms with E-state index in [0.717, 1.165) is 18.4 Å². The van der Waals surface area contributed by atoms with Crippen molar-refractivity contribution < 1.29 is 9.53 Å². The van der Waals surface area contributed by atoms with Gasteiger partial charge in [0.25, 0.3) is 0 Å². The van der Waals surface area contributed by atoms with Gasteiger partial charge >= 0.3 is 5.97 Å². The summed E-state index contributed by atoms with van der Waals surface area (Å²) in [6, 6.07) is 7.66. The zero-order chi connectivity index (χ0) is 11.8. The quantitative estimate of drug-likeness (QED) is 0.441. The van der Waals surface area contributed by atoms with Crippen molar-refractivity contribution in [2.75, 3.05) is 0 Å². The third-order valence-electron chi connectivity index (χ3n) is 3.79. The van der Waals surface area contributed by atoms with Gasteiger partial charge in [-0.05, 0) is 49.3 Å². The lowest BCUT2D eigenvalue weighted by Gasteiger charge is -2.16. The molecule has 88 valence electrons. The molecule has 1 saturated carbocycles. The van der Waals surface area contributed by atoms with Gasteiger partial charge in [-0.25, -0.2) is 0 Å². The van der Waals surface area contributed by atoms with Gasteiger partial charge in [-0.15, -0.1) is 0 Å². The van der Waals surface area contributed by atoms with Crippen LogP contribution in [0.15, 0.2) is 36.4 Å². The van der Waals surface area contributed by atoms with Crippen molar-refractivity contribution in [2.45, 2.75) is 19.8 Å². The van der Waals surface area contributed by atoms with E-state index in [9.17, 15) is 4.79 Å². The molecule has 2 aliphatic rings. The Hall–Kier alpha value is -1.57. The van der Waals surface area contributed by atoms with Crippen LogP contribution < -0.4 is 4.74 Å². The maximum Gasteiger partial charge on any atom is 0.314 e. The van der Waals surface area contributed by atoms with E-state index < -0.39 is 0 Å². The molecule has 3 unspecified atom stereocenters. The summed E-state index contributed by atoms with van der Waals surface area (Å²) in [5, 5.41) is 0. The van der Waals surface area contributed by atoms with Gasteiger partial charge in [-0.3, -0.25) is 4.79 Å². The molecule has 0 spiro atoms.